The Hall–Kier alpha value is -2.76. The molecule has 3 aromatic heterocycles. The largest absolute Gasteiger partial charge is 0.433 e. The zero-order valence-corrected chi connectivity index (χ0v) is 17.2. The van der Waals surface area contributed by atoms with Crippen molar-refractivity contribution in [2.75, 3.05) is 0 Å². The number of aromatic nitrogens is 4. The minimum absolute atomic E-state index is 0.00897. The van der Waals surface area contributed by atoms with Crippen molar-refractivity contribution in [1.82, 2.24) is 19.9 Å². The fourth-order valence-corrected chi connectivity index (χ4v) is 4.03. The van der Waals surface area contributed by atoms with Crippen molar-refractivity contribution < 1.29 is 28.6 Å². The Morgan fingerprint density at radius 2 is 2.13 bits per heavy atom. The molecular weight excluding hydrogens is 460 g/mol. The van der Waals surface area contributed by atoms with Crippen LogP contribution >= 0.6 is 22.9 Å². The molecule has 6 nitrogen and oxygen atoms in total. The molecule has 0 bridgehead atoms. The molecule has 1 aromatic carbocycles. The van der Waals surface area contributed by atoms with E-state index in [-0.39, 0.29) is 32.6 Å². The van der Waals surface area contributed by atoms with Crippen LogP contribution in [0.2, 0.25) is 5.02 Å². The highest BCUT2D eigenvalue weighted by atomic mass is 35.5. The molecule has 0 aliphatic heterocycles. The number of thiazole rings is 1. The van der Waals surface area contributed by atoms with E-state index in [0.29, 0.717) is 4.68 Å². The Labute approximate surface area is 183 Å². The van der Waals surface area contributed by atoms with Gasteiger partial charge in [0.15, 0.2) is 11.5 Å². The summed E-state index contributed by atoms with van der Waals surface area (Å²) in [5.41, 5.74) is -2.02. The van der Waals surface area contributed by atoms with Crippen LogP contribution in [0.3, 0.4) is 0 Å². The maximum atomic E-state index is 14.6. The van der Waals surface area contributed by atoms with E-state index in [1.54, 1.807) is 5.38 Å². The van der Waals surface area contributed by atoms with Crippen LogP contribution in [0.15, 0.2) is 40.5 Å². The van der Waals surface area contributed by atoms with Gasteiger partial charge in [0, 0.05) is 11.6 Å². The lowest BCUT2D eigenvalue weighted by Crippen LogP contribution is -2.20. The number of rotatable bonds is 5. The third kappa shape index (κ3) is 3.95. The molecular formula is C19H13ClF4N4O2S. The summed E-state index contributed by atoms with van der Waals surface area (Å²) >= 11 is 7.23. The molecule has 4 rings (SSSR count). The van der Waals surface area contributed by atoms with Gasteiger partial charge in [-0.25, -0.2) is 9.37 Å². The first-order valence-electron chi connectivity index (χ1n) is 9.17. The molecule has 0 aliphatic rings. The van der Waals surface area contributed by atoms with Gasteiger partial charge in [0.25, 0.3) is 0 Å². The van der Waals surface area contributed by atoms with Crippen LogP contribution in [0.4, 0.5) is 17.6 Å². The quantitative estimate of drug-likeness (QED) is 0.386. The zero-order valence-electron chi connectivity index (χ0n) is 16.6. The molecule has 0 fully saturated rings. The van der Waals surface area contributed by atoms with Crippen molar-refractivity contribution in [2.24, 2.45) is 0 Å². The molecule has 0 spiro atoms. The van der Waals surface area contributed by atoms with E-state index < -0.39 is 35.9 Å². The Kier molecular flexibility index (Phi) is 5.24. The molecule has 1 N–H and O–H groups in total. The summed E-state index contributed by atoms with van der Waals surface area (Å²) in [4.78, 5) is 4.12. The van der Waals surface area contributed by atoms with E-state index in [9.17, 15) is 22.7 Å². The number of halogens is 5. The van der Waals surface area contributed by atoms with E-state index in [1.807, 2.05) is 0 Å². The third-order valence-electron chi connectivity index (χ3n) is 4.27. The first-order valence-corrected chi connectivity index (χ1v) is 9.93. The van der Waals surface area contributed by atoms with Crippen molar-refractivity contribution in [3.63, 3.8) is 0 Å². The Morgan fingerprint density at radius 1 is 1.35 bits per heavy atom. The van der Waals surface area contributed by atoms with Crippen LogP contribution in [-0.2, 0) is 12.7 Å². The van der Waals surface area contributed by atoms with Gasteiger partial charge in [0.1, 0.15) is 16.5 Å². The number of hydrogen-bond donors (Lipinski definition) is 1. The smallest absolute Gasteiger partial charge is 0.391 e. The molecule has 0 saturated carbocycles. The summed E-state index contributed by atoms with van der Waals surface area (Å²) < 4.78 is 69.8. The Bertz CT molecular complexity index is 1250. The second-order valence-corrected chi connectivity index (χ2v) is 7.77. The first-order chi connectivity index (χ1) is 15.0. The Morgan fingerprint density at radius 3 is 2.74 bits per heavy atom. The van der Waals surface area contributed by atoms with Gasteiger partial charge in [-0.1, -0.05) is 22.8 Å². The van der Waals surface area contributed by atoms with Crippen LogP contribution in [0.1, 0.15) is 14.0 Å². The van der Waals surface area contributed by atoms with Gasteiger partial charge < -0.3 is 9.63 Å². The summed E-state index contributed by atoms with van der Waals surface area (Å²) in [5, 5.41) is 19.0. The topological polar surface area (TPSA) is 77.0 Å². The SMILES string of the molecule is [2H]C(C)(O)Cn1ncc(-c2onc(-c3c(F)cccc3Cl)c2-c2nccs2)c1C(F)(F)F. The van der Waals surface area contributed by atoms with Crippen molar-refractivity contribution >= 4 is 22.9 Å². The van der Waals surface area contributed by atoms with Crippen LogP contribution < -0.4 is 0 Å². The summed E-state index contributed by atoms with van der Waals surface area (Å²) in [5.74, 6) is -1.09. The molecule has 0 aliphatic carbocycles. The zero-order chi connectivity index (χ0) is 23.3. The van der Waals surface area contributed by atoms with Gasteiger partial charge in [-0.2, -0.15) is 18.3 Å². The fraction of sp³-hybridized carbons (Fsp3) is 0.211. The van der Waals surface area contributed by atoms with Crippen LogP contribution in [0.5, 0.6) is 0 Å². The van der Waals surface area contributed by atoms with E-state index >= 15 is 0 Å². The maximum Gasteiger partial charge on any atom is 0.433 e. The predicted octanol–water partition coefficient (Wildman–Crippen LogP) is 5.52. The molecule has 4 aromatic rings. The highest BCUT2D eigenvalue weighted by Crippen LogP contribution is 2.46. The van der Waals surface area contributed by atoms with Gasteiger partial charge in [-0.3, -0.25) is 4.68 Å². The monoisotopic (exact) mass is 473 g/mol. The predicted molar refractivity (Wildman–Crippen MR) is 106 cm³/mol. The Balaban J connectivity index is 2.00. The third-order valence-corrected chi connectivity index (χ3v) is 5.37. The minimum atomic E-state index is -4.92. The number of alkyl halides is 3. The number of aliphatic hydroxyl groups is 1. The summed E-state index contributed by atoms with van der Waals surface area (Å²) in [7, 11) is 0. The lowest BCUT2D eigenvalue weighted by molar-refractivity contribution is -0.144. The van der Waals surface area contributed by atoms with Gasteiger partial charge in [-0.05, 0) is 19.1 Å². The van der Waals surface area contributed by atoms with Crippen molar-refractivity contribution in [3.05, 3.63) is 52.5 Å². The lowest BCUT2D eigenvalue weighted by atomic mass is 10.0. The molecule has 0 saturated heterocycles. The molecule has 0 radical (unpaired) electrons. The normalized spacial score (nSPS) is 14.5. The average molecular weight is 474 g/mol. The first kappa shape index (κ1) is 20.2. The van der Waals surface area contributed by atoms with Gasteiger partial charge >= 0.3 is 6.18 Å². The molecule has 31 heavy (non-hydrogen) atoms. The average Bonchev–Trinajstić information content (AvgIpc) is 3.37. The van der Waals surface area contributed by atoms with E-state index in [1.165, 1.54) is 18.3 Å². The van der Waals surface area contributed by atoms with Crippen LogP contribution in [0.25, 0.3) is 33.2 Å². The summed E-state index contributed by atoms with van der Waals surface area (Å²) in [6.45, 7) is 0.275. The van der Waals surface area contributed by atoms with E-state index in [0.717, 1.165) is 30.5 Å². The summed E-state index contributed by atoms with van der Waals surface area (Å²) in [6, 6.07) is 3.93. The molecule has 1 atom stereocenters. The highest BCUT2D eigenvalue weighted by molar-refractivity contribution is 7.13. The van der Waals surface area contributed by atoms with Gasteiger partial charge in [0.05, 0.1) is 41.9 Å². The number of benzene rings is 1. The van der Waals surface area contributed by atoms with E-state index in [4.69, 9.17) is 17.5 Å². The van der Waals surface area contributed by atoms with Gasteiger partial charge in [0.2, 0.25) is 0 Å². The fourth-order valence-electron chi connectivity index (χ4n) is 3.10. The van der Waals surface area contributed by atoms with Crippen molar-refractivity contribution in [2.45, 2.75) is 25.7 Å². The standard InChI is InChI=1S/C19H13ClF4N4O2S/c1-9(29)8-28-17(19(22,23)24)10(7-26-28)16-14(18-25-5-6-31-18)15(27-30-16)13-11(20)3-2-4-12(13)21/h2-7,9,29H,8H2,1H3/i9D. The molecule has 0 amide bonds. The van der Waals surface area contributed by atoms with Crippen LogP contribution in [0, 0.1) is 5.82 Å². The second kappa shape index (κ2) is 8.06. The minimum Gasteiger partial charge on any atom is -0.391 e. The maximum absolute atomic E-state index is 14.6. The second-order valence-electron chi connectivity index (χ2n) is 6.47. The molecule has 12 heteroatoms. The lowest BCUT2D eigenvalue weighted by Gasteiger charge is -2.13. The highest BCUT2D eigenvalue weighted by Gasteiger charge is 2.41. The van der Waals surface area contributed by atoms with E-state index in [2.05, 4.69) is 15.2 Å². The van der Waals surface area contributed by atoms with Crippen molar-refractivity contribution in [1.29, 1.82) is 0 Å². The number of nitrogens with zero attached hydrogens (tertiary/aromatic N) is 4. The molecule has 1 unspecified atom stereocenters. The molecule has 162 valence electrons. The molecule has 3 heterocycles. The van der Waals surface area contributed by atoms with Gasteiger partial charge in [-0.15, -0.1) is 11.3 Å². The number of hydrogen-bond acceptors (Lipinski definition) is 6. The summed E-state index contributed by atoms with van der Waals surface area (Å²) in [6.07, 6.45) is -4.82. The van der Waals surface area contributed by atoms with Crippen molar-refractivity contribution in [3.8, 4) is 33.2 Å². The van der Waals surface area contributed by atoms with Crippen LogP contribution in [-0.4, -0.2) is 31.1 Å².